The second kappa shape index (κ2) is 53.6. The Balaban J connectivity index is 0.833. The molecule has 3 aromatic carbocycles. The lowest BCUT2D eigenvalue weighted by Crippen LogP contribution is -2.60. The summed E-state index contributed by atoms with van der Waals surface area (Å²) in [4.78, 5) is 77.7. The number of hydrogen-bond acceptors (Lipinski definition) is 29. The van der Waals surface area contributed by atoms with Gasteiger partial charge >= 0.3 is 12.1 Å². The van der Waals surface area contributed by atoms with Crippen molar-refractivity contribution in [3.63, 3.8) is 0 Å². The van der Waals surface area contributed by atoms with Crippen molar-refractivity contribution >= 4 is 63.2 Å². The van der Waals surface area contributed by atoms with Crippen LogP contribution < -0.4 is 31.7 Å². The van der Waals surface area contributed by atoms with E-state index in [1.54, 1.807) is 25.3 Å². The van der Waals surface area contributed by atoms with Crippen LogP contribution in [-0.2, 0) is 112 Å². The van der Waals surface area contributed by atoms with Gasteiger partial charge < -0.3 is 127 Å². The fraction of sp³-hybridized carbons (Fsp3) is 0.640. The van der Waals surface area contributed by atoms with Crippen molar-refractivity contribution in [2.75, 3.05) is 211 Å². The number of carbonyl (C=O) groups is 5. The second-order valence-electron chi connectivity index (χ2n) is 25.5. The molecule has 0 radical (unpaired) electrons. The normalized spacial score (nSPS) is 16.0. The summed E-state index contributed by atoms with van der Waals surface area (Å²) in [6.45, 7) is 12.7. The maximum absolute atomic E-state index is 13.9. The first-order valence-corrected chi connectivity index (χ1v) is 37.1. The van der Waals surface area contributed by atoms with Crippen molar-refractivity contribution in [2.45, 2.75) is 115 Å². The number of amides is 4. The van der Waals surface area contributed by atoms with Crippen LogP contribution in [0.2, 0.25) is 0 Å². The largest absolute Gasteiger partial charge is 0.465 e. The molecule has 610 valence electrons. The monoisotopic (exact) mass is 1540 g/mol. The summed E-state index contributed by atoms with van der Waals surface area (Å²) in [6.07, 6.45) is -5.47. The van der Waals surface area contributed by atoms with Gasteiger partial charge in [0.05, 0.1) is 194 Å². The molecule has 0 spiro atoms. The highest BCUT2D eigenvalue weighted by Gasteiger charge is 2.45. The smallest absolute Gasteiger partial charge is 0.413 e. The molecule has 109 heavy (non-hydrogen) atoms. The van der Waals surface area contributed by atoms with Crippen LogP contribution in [0.4, 0.5) is 16.3 Å². The van der Waals surface area contributed by atoms with E-state index in [1.807, 2.05) is 14.1 Å². The molecule has 0 bridgehead atoms. The molecule has 1 saturated heterocycles. The van der Waals surface area contributed by atoms with Crippen molar-refractivity contribution in [2.24, 2.45) is 5.73 Å². The molecule has 34 nitrogen and oxygen atoms in total. The average Bonchev–Trinajstić information content (AvgIpc) is 1.61. The molecule has 1 aliphatic heterocycles. The number of esters is 1. The van der Waals surface area contributed by atoms with Crippen LogP contribution in [-0.4, -0.2) is 306 Å². The Labute approximate surface area is 636 Å². The number of nitrogens with two attached hydrogens (primary N) is 1. The number of pyridine rings is 1. The van der Waals surface area contributed by atoms with Gasteiger partial charge in [0, 0.05) is 57.9 Å². The van der Waals surface area contributed by atoms with Crippen molar-refractivity contribution in [3.05, 3.63) is 88.7 Å². The van der Waals surface area contributed by atoms with E-state index in [2.05, 4.69) is 61.9 Å². The molecule has 1 fully saturated rings. The lowest BCUT2D eigenvalue weighted by Gasteiger charge is -2.39. The number of nitrogens with zero attached hydrogens (tertiary/aromatic N) is 4. The number of anilines is 2. The predicted octanol–water partition coefficient (Wildman–Crippen LogP) is 3.03. The van der Waals surface area contributed by atoms with Gasteiger partial charge in [0.2, 0.25) is 24.0 Å². The van der Waals surface area contributed by atoms with Crippen LogP contribution >= 0.6 is 0 Å². The molecule has 6 rings (SSSR count). The summed E-state index contributed by atoms with van der Waals surface area (Å²) < 4.78 is 89.7. The van der Waals surface area contributed by atoms with Crippen LogP contribution in [0, 0.1) is 0 Å². The average molecular weight is 1540 g/mol. The quantitative estimate of drug-likeness (QED) is 0.0199. The Bertz CT molecular complexity index is 3410. The minimum atomic E-state index is -1.80. The highest BCUT2D eigenvalue weighted by Crippen LogP contribution is 2.34. The summed E-state index contributed by atoms with van der Waals surface area (Å²) >= 11 is 0. The molecule has 34 heteroatoms. The van der Waals surface area contributed by atoms with E-state index >= 15 is 0 Å². The Morgan fingerprint density at radius 1 is 0.596 bits per heavy atom. The van der Waals surface area contributed by atoms with Gasteiger partial charge in [-0.25, -0.2) is 19.6 Å². The molecule has 6 atom stereocenters. The van der Waals surface area contributed by atoms with Crippen molar-refractivity contribution in [3.8, 4) is 5.75 Å². The standard InChI is InChI=1S/C75H115N9O25/c1-6-7-11-63-81-66-67(84(63)50-54-14-12-53(13-15-54)49-83(2)3)57-18-17-56(73(92)95-5)48-59(57)80-71(66)82-75(93)107-52-55-16-19-61(108-74-70(90)69(89)68(88)62(51-85)109-74)60(47-55)79-65(87)20-23-78-72(91)58(76)10-8-9-22-77-64(86)21-24-96-27-28-98-31-32-100-35-36-102-39-40-104-43-44-106-46-45-105-42-41-103-38-37-101-34-33-99-30-29-97-26-25-94-4/h12-19,47-48,58,62,68-70,74,85,88-90H,6-11,20-46,49-52,76H2,1-5H3,(H,77,86)(H,78,91)(H,79,87)(H,80,82,93)/t58-,62+,68+,69-,70-,74-/m0/s1. The molecule has 2 aromatic heterocycles. The van der Waals surface area contributed by atoms with Gasteiger partial charge in [0.15, 0.2) is 5.82 Å². The van der Waals surface area contributed by atoms with Gasteiger partial charge in [0.25, 0.3) is 0 Å². The molecule has 0 saturated carbocycles. The summed E-state index contributed by atoms with van der Waals surface area (Å²) in [5, 5.41) is 53.3. The number of aromatic nitrogens is 3. The topological polar surface area (TPSA) is 422 Å². The van der Waals surface area contributed by atoms with E-state index in [-0.39, 0.29) is 61.3 Å². The maximum Gasteiger partial charge on any atom is 0.413 e. The number of aliphatic hydroxyl groups is 4. The number of ether oxygens (including phenoxy) is 16. The van der Waals surface area contributed by atoms with E-state index in [9.17, 15) is 44.4 Å². The van der Waals surface area contributed by atoms with E-state index in [1.165, 1.54) is 25.3 Å². The third-order valence-corrected chi connectivity index (χ3v) is 16.7. The molecule has 3 heterocycles. The van der Waals surface area contributed by atoms with Gasteiger partial charge in [-0.3, -0.25) is 19.7 Å². The number of nitrogens with one attached hydrogen (secondary N) is 4. The van der Waals surface area contributed by atoms with Crippen molar-refractivity contribution < 1.29 is 120 Å². The highest BCUT2D eigenvalue weighted by atomic mass is 16.7. The zero-order valence-corrected chi connectivity index (χ0v) is 63.6. The Morgan fingerprint density at radius 2 is 1.15 bits per heavy atom. The number of methoxy groups -OCH3 is 2. The van der Waals surface area contributed by atoms with Gasteiger partial charge in [0.1, 0.15) is 48.1 Å². The van der Waals surface area contributed by atoms with Gasteiger partial charge in [-0.1, -0.05) is 43.7 Å². The van der Waals surface area contributed by atoms with E-state index in [0.29, 0.717) is 212 Å². The van der Waals surface area contributed by atoms with Gasteiger partial charge in [-0.2, -0.15) is 0 Å². The Hall–Kier alpha value is -7.27. The molecular formula is C75H115N9O25. The number of hydrogen-bond donors (Lipinski definition) is 9. The number of fused-ring (bicyclic) bond motifs is 3. The number of imidazole rings is 1. The van der Waals surface area contributed by atoms with Crippen LogP contribution in [0.25, 0.3) is 21.9 Å². The van der Waals surface area contributed by atoms with Crippen LogP contribution in [0.15, 0.2) is 60.7 Å². The first kappa shape index (κ1) is 90.6. The number of aryl methyl sites for hydroxylation is 1. The molecule has 5 aromatic rings. The van der Waals surface area contributed by atoms with E-state index in [4.69, 9.17) is 91.5 Å². The summed E-state index contributed by atoms with van der Waals surface area (Å²) in [6, 6.07) is 16.8. The van der Waals surface area contributed by atoms with Crippen LogP contribution in [0.3, 0.4) is 0 Å². The lowest BCUT2D eigenvalue weighted by molar-refractivity contribution is -0.277. The third kappa shape index (κ3) is 34.5. The highest BCUT2D eigenvalue weighted by molar-refractivity contribution is 6.10. The molecular weight excluding hydrogens is 1430 g/mol. The SMILES string of the molecule is CCCCc1nc2c(NC(=O)OCc3ccc(O[C@H]4O[C@H](CO)[C@@H](O)[C@H](O)[C@@H]4O)c(NC(=O)CCNC(=O)[C@@H](N)CCCCNC(=O)CCOCCOCCOCCOCCOCCOCCOCCOCCOCCOCCOCCOC)c3)nc3cc(C(=O)OC)ccc3c2n1Cc1ccc(CN(C)C)cc1. The number of unbranched alkanes of at least 4 members (excludes halogenated alkanes) is 2. The van der Waals surface area contributed by atoms with Gasteiger partial charge in [-0.05, 0) is 86.8 Å². The first-order chi connectivity index (χ1) is 53.0. The number of rotatable bonds is 60. The first-order valence-electron chi connectivity index (χ1n) is 37.1. The minimum absolute atomic E-state index is 0.00422. The Kier molecular flexibility index (Phi) is 44.6. The van der Waals surface area contributed by atoms with Crippen LogP contribution in [0.5, 0.6) is 5.75 Å². The summed E-state index contributed by atoms with van der Waals surface area (Å²) in [5.74, 6) is -1.13. The molecule has 10 N–H and O–H groups in total. The summed E-state index contributed by atoms with van der Waals surface area (Å²) in [7, 11) is 6.93. The minimum Gasteiger partial charge on any atom is -0.465 e. The van der Waals surface area contributed by atoms with Crippen molar-refractivity contribution in [1.82, 2.24) is 30.1 Å². The Morgan fingerprint density at radius 3 is 1.69 bits per heavy atom. The third-order valence-electron chi connectivity index (χ3n) is 16.7. The zero-order chi connectivity index (χ0) is 78.2. The number of aliphatic hydroxyl groups excluding tert-OH is 4. The molecule has 1 aliphatic rings. The second-order valence-corrected chi connectivity index (χ2v) is 25.5. The van der Waals surface area contributed by atoms with E-state index < -0.39 is 67.2 Å². The maximum atomic E-state index is 13.9. The number of carbonyl (C=O) groups excluding carboxylic acids is 5. The van der Waals surface area contributed by atoms with E-state index in [0.717, 1.165) is 36.3 Å². The number of benzene rings is 3. The molecule has 4 amide bonds. The zero-order valence-electron chi connectivity index (χ0n) is 63.6. The molecule has 0 aliphatic carbocycles. The fourth-order valence-corrected chi connectivity index (χ4v) is 10.9. The predicted molar refractivity (Wildman–Crippen MR) is 399 cm³/mol. The van der Waals surface area contributed by atoms with Gasteiger partial charge in [-0.15, -0.1) is 0 Å². The van der Waals surface area contributed by atoms with Crippen molar-refractivity contribution in [1.29, 1.82) is 0 Å². The summed E-state index contributed by atoms with van der Waals surface area (Å²) in [5.41, 5.74) is 10.4. The molecule has 0 unspecified atom stereocenters. The lowest BCUT2D eigenvalue weighted by atomic mass is 9.99. The fourth-order valence-electron chi connectivity index (χ4n) is 10.9. The van der Waals surface area contributed by atoms with Crippen LogP contribution in [0.1, 0.15) is 84.7 Å².